The van der Waals surface area contributed by atoms with E-state index in [1.807, 2.05) is 43.3 Å². The Balaban J connectivity index is 1.76. The van der Waals surface area contributed by atoms with Crippen molar-refractivity contribution >= 4 is 0 Å². The minimum Gasteiger partial charge on any atom is -0.206 e. The predicted molar refractivity (Wildman–Crippen MR) is 93.7 cm³/mol. The van der Waals surface area contributed by atoms with Gasteiger partial charge in [-0.05, 0) is 74.3 Å². The van der Waals surface area contributed by atoms with Gasteiger partial charge in [0.25, 0.3) is 0 Å². The summed E-state index contributed by atoms with van der Waals surface area (Å²) in [5, 5.41) is 0. The van der Waals surface area contributed by atoms with Crippen molar-refractivity contribution in [1.82, 2.24) is 0 Å². The predicted octanol–water partition coefficient (Wildman–Crippen LogP) is 5.79. The monoisotopic (exact) mass is 305 g/mol. The van der Waals surface area contributed by atoms with Crippen LogP contribution in [-0.4, -0.2) is 0 Å². The molecule has 3 rings (SSSR count). The van der Waals surface area contributed by atoms with E-state index in [4.69, 9.17) is 0 Å². The first-order chi connectivity index (χ1) is 11.1. The third kappa shape index (κ3) is 4.02. The summed E-state index contributed by atoms with van der Waals surface area (Å²) in [6.07, 6.45) is 4.61. The molecular formula is C22H22F. The van der Waals surface area contributed by atoms with Crippen LogP contribution in [0.2, 0.25) is 0 Å². The van der Waals surface area contributed by atoms with Gasteiger partial charge in [0.15, 0.2) is 0 Å². The SMILES string of the molecule is C[C]1CCC(c2ccc(C#Cc3ccc(C)cc3)c(F)c2)CC1. The van der Waals surface area contributed by atoms with Crippen LogP contribution < -0.4 is 0 Å². The van der Waals surface area contributed by atoms with Crippen LogP contribution in [0, 0.1) is 30.5 Å². The first kappa shape index (κ1) is 15.8. The summed E-state index contributed by atoms with van der Waals surface area (Å²) < 4.78 is 14.3. The van der Waals surface area contributed by atoms with Crippen molar-refractivity contribution in [2.45, 2.75) is 45.4 Å². The topological polar surface area (TPSA) is 0 Å². The minimum absolute atomic E-state index is 0.201. The van der Waals surface area contributed by atoms with Crippen molar-refractivity contribution in [1.29, 1.82) is 0 Å². The van der Waals surface area contributed by atoms with E-state index >= 15 is 0 Å². The molecular weight excluding hydrogens is 283 g/mol. The van der Waals surface area contributed by atoms with E-state index in [0.29, 0.717) is 11.5 Å². The lowest BCUT2D eigenvalue weighted by atomic mass is 9.79. The highest BCUT2D eigenvalue weighted by molar-refractivity contribution is 5.45. The van der Waals surface area contributed by atoms with Gasteiger partial charge >= 0.3 is 0 Å². The molecule has 0 spiro atoms. The molecule has 0 bridgehead atoms. The fraction of sp³-hybridized carbons (Fsp3) is 0.318. The van der Waals surface area contributed by atoms with Gasteiger partial charge in [-0.25, -0.2) is 4.39 Å². The number of rotatable bonds is 1. The summed E-state index contributed by atoms with van der Waals surface area (Å²) in [7, 11) is 0. The number of benzene rings is 2. The molecule has 0 nitrogen and oxygen atoms in total. The first-order valence-corrected chi connectivity index (χ1v) is 8.31. The van der Waals surface area contributed by atoms with Gasteiger partial charge in [0, 0.05) is 5.56 Å². The van der Waals surface area contributed by atoms with Crippen molar-refractivity contribution in [2.24, 2.45) is 0 Å². The number of halogens is 1. The lowest BCUT2D eigenvalue weighted by Gasteiger charge is -2.26. The number of aryl methyl sites for hydroxylation is 1. The molecule has 0 amide bonds. The molecule has 1 saturated carbocycles. The van der Waals surface area contributed by atoms with E-state index in [-0.39, 0.29) is 5.82 Å². The second-order valence-corrected chi connectivity index (χ2v) is 6.59. The smallest absolute Gasteiger partial charge is 0.139 e. The Kier molecular flexibility index (Phi) is 4.82. The second-order valence-electron chi connectivity index (χ2n) is 6.59. The molecule has 2 aromatic carbocycles. The van der Waals surface area contributed by atoms with E-state index in [1.165, 1.54) is 18.4 Å². The lowest BCUT2D eigenvalue weighted by Crippen LogP contribution is -2.09. The van der Waals surface area contributed by atoms with E-state index < -0.39 is 0 Å². The Morgan fingerprint density at radius 1 is 0.913 bits per heavy atom. The summed E-state index contributed by atoms with van der Waals surface area (Å²) in [4.78, 5) is 0. The summed E-state index contributed by atoms with van der Waals surface area (Å²) in [6.45, 7) is 4.26. The number of hydrogen-bond acceptors (Lipinski definition) is 0. The molecule has 0 unspecified atom stereocenters. The Labute approximate surface area is 138 Å². The van der Waals surface area contributed by atoms with E-state index in [2.05, 4.69) is 18.8 Å². The van der Waals surface area contributed by atoms with Gasteiger partial charge in [-0.2, -0.15) is 0 Å². The van der Waals surface area contributed by atoms with Crippen LogP contribution in [0.25, 0.3) is 0 Å². The zero-order valence-electron chi connectivity index (χ0n) is 13.8. The molecule has 1 radical (unpaired) electrons. The third-order valence-corrected chi connectivity index (χ3v) is 4.70. The zero-order valence-corrected chi connectivity index (χ0v) is 13.8. The van der Waals surface area contributed by atoms with Crippen molar-refractivity contribution in [3.05, 3.63) is 76.5 Å². The van der Waals surface area contributed by atoms with Gasteiger partial charge in [-0.3, -0.25) is 0 Å². The number of hydrogen-bond donors (Lipinski definition) is 0. The van der Waals surface area contributed by atoms with Gasteiger partial charge in [-0.1, -0.05) is 42.5 Å². The molecule has 0 atom stereocenters. The standard InChI is InChI=1S/C22H22F/c1-16-3-7-18(8-4-16)9-12-20-13-14-21(15-22(20)23)19-10-5-17(2)6-11-19/h3-4,7-8,13-15,19H,5-6,10-11H2,1-2H3. The zero-order chi connectivity index (χ0) is 16.2. The molecule has 0 aliphatic heterocycles. The van der Waals surface area contributed by atoms with Crippen LogP contribution in [0.5, 0.6) is 0 Å². The summed E-state index contributed by atoms with van der Waals surface area (Å²) in [5.74, 6) is 7.86. The molecule has 117 valence electrons. The van der Waals surface area contributed by atoms with Crippen LogP contribution in [0.1, 0.15) is 60.8 Å². The highest BCUT2D eigenvalue weighted by atomic mass is 19.1. The highest BCUT2D eigenvalue weighted by Crippen LogP contribution is 2.36. The minimum atomic E-state index is -0.201. The van der Waals surface area contributed by atoms with Gasteiger partial charge in [0.2, 0.25) is 0 Å². The lowest BCUT2D eigenvalue weighted by molar-refractivity contribution is 0.470. The van der Waals surface area contributed by atoms with Gasteiger partial charge in [0.1, 0.15) is 5.82 Å². The third-order valence-electron chi connectivity index (χ3n) is 4.70. The largest absolute Gasteiger partial charge is 0.206 e. The summed E-state index contributed by atoms with van der Waals surface area (Å²) >= 11 is 0. The van der Waals surface area contributed by atoms with Crippen LogP contribution in [-0.2, 0) is 0 Å². The Morgan fingerprint density at radius 2 is 1.61 bits per heavy atom. The van der Waals surface area contributed by atoms with Crippen LogP contribution in [0.15, 0.2) is 42.5 Å². The molecule has 23 heavy (non-hydrogen) atoms. The second kappa shape index (κ2) is 7.01. The quantitative estimate of drug-likeness (QED) is 0.585. The van der Waals surface area contributed by atoms with E-state index in [9.17, 15) is 4.39 Å². The molecule has 1 fully saturated rings. The molecule has 1 aliphatic carbocycles. The van der Waals surface area contributed by atoms with E-state index in [1.54, 1.807) is 12.0 Å². The van der Waals surface area contributed by atoms with Crippen LogP contribution >= 0.6 is 0 Å². The average molecular weight is 305 g/mol. The fourth-order valence-corrected chi connectivity index (χ4v) is 3.11. The van der Waals surface area contributed by atoms with Crippen molar-refractivity contribution in [2.75, 3.05) is 0 Å². The van der Waals surface area contributed by atoms with Gasteiger partial charge in [-0.15, -0.1) is 0 Å². The Hall–Kier alpha value is -2.07. The Morgan fingerprint density at radius 3 is 2.26 bits per heavy atom. The van der Waals surface area contributed by atoms with Gasteiger partial charge in [0.05, 0.1) is 5.56 Å². The van der Waals surface area contributed by atoms with Crippen LogP contribution in [0.4, 0.5) is 4.39 Å². The molecule has 0 heterocycles. The molecule has 0 N–H and O–H groups in total. The average Bonchev–Trinajstić information content (AvgIpc) is 2.56. The van der Waals surface area contributed by atoms with Crippen molar-refractivity contribution < 1.29 is 4.39 Å². The molecule has 0 aromatic heterocycles. The molecule has 1 heteroatoms. The van der Waals surface area contributed by atoms with Crippen LogP contribution in [0.3, 0.4) is 0 Å². The normalized spacial score (nSPS) is 16.0. The Bertz CT molecular complexity index is 723. The maximum atomic E-state index is 14.3. The first-order valence-electron chi connectivity index (χ1n) is 8.31. The van der Waals surface area contributed by atoms with Crippen molar-refractivity contribution in [3.63, 3.8) is 0 Å². The maximum absolute atomic E-state index is 14.3. The summed E-state index contributed by atoms with van der Waals surface area (Å²) in [6, 6.07) is 13.5. The molecule has 1 aliphatic rings. The maximum Gasteiger partial charge on any atom is 0.139 e. The van der Waals surface area contributed by atoms with Gasteiger partial charge < -0.3 is 0 Å². The molecule has 0 saturated heterocycles. The van der Waals surface area contributed by atoms with E-state index in [0.717, 1.165) is 24.0 Å². The fourth-order valence-electron chi connectivity index (χ4n) is 3.11. The summed E-state index contributed by atoms with van der Waals surface area (Å²) in [5.41, 5.74) is 3.71. The highest BCUT2D eigenvalue weighted by Gasteiger charge is 2.20. The molecule has 2 aromatic rings. The van der Waals surface area contributed by atoms with Crippen molar-refractivity contribution in [3.8, 4) is 11.8 Å².